The third kappa shape index (κ3) is 3.50. The monoisotopic (exact) mass is 248 g/mol. The molecular weight excluding hydrogens is 224 g/mol. The van der Waals surface area contributed by atoms with E-state index in [2.05, 4.69) is 42.6 Å². The van der Waals surface area contributed by atoms with Crippen LogP contribution in [0.3, 0.4) is 0 Å². The molecule has 1 aliphatic rings. The summed E-state index contributed by atoms with van der Waals surface area (Å²) >= 11 is 0. The number of nitrogens with zero attached hydrogens (tertiary/aromatic N) is 4. The van der Waals surface area contributed by atoms with Crippen LogP contribution < -0.4 is 0 Å². The lowest BCUT2D eigenvalue weighted by Crippen LogP contribution is -2.44. The fourth-order valence-electron chi connectivity index (χ4n) is 2.08. The second-order valence-corrected chi connectivity index (χ2v) is 6.23. The zero-order chi connectivity index (χ0) is 13.2. The molecule has 2 rings (SSSR count). The second-order valence-electron chi connectivity index (χ2n) is 6.23. The molecule has 0 spiro atoms. The summed E-state index contributed by atoms with van der Waals surface area (Å²) in [6.45, 7) is 12.0. The van der Waals surface area contributed by atoms with Crippen molar-refractivity contribution in [2.24, 2.45) is 0 Å². The van der Waals surface area contributed by atoms with Crippen LogP contribution in [0.15, 0.2) is 12.4 Å². The zero-order valence-electron chi connectivity index (χ0n) is 12.0. The summed E-state index contributed by atoms with van der Waals surface area (Å²) in [7, 11) is 2.18. The molecule has 0 aliphatic carbocycles. The van der Waals surface area contributed by atoms with Crippen molar-refractivity contribution in [2.75, 3.05) is 33.2 Å². The predicted molar refractivity (Wildman–Crippen MR) is 73.5 cm³/mol. The van der Waals surface area contributed by atoms with E-state index < -0.39 is 0 Å². The van der Waals surface area contributed by atoms with Gasteiger partial charge in [0.2, 0.25) is 0 Å². The van der Waals surface area contributed by atoms with Crippen molar-refractivity contribution >= 4 is 0 Å². The second kappa shape index (κ2) is 5.33. The van der Waals surface area contributed by atoms with Crippen LogP contribution in [-0.2, 0) is 12.0 Å². The first-order valence-electron chi connectivity index (χ1n) is 6.67. The van der Waals surface area contributed by atoms with Crippen LogP contribution in [0, 0.1) is 0 Å². The van der Waals surface area contributed by atoms with Crippen LogP contribution in [0.4, 0.5) is 0 Å². The van der Waals surface area contributed by atoms with E-state index in [-0.39, 0.29) is 5.41 Å². The Morgan fingerprint density at radius 1 is 1.11 bits per heavy atom. The Morgan fingerprint density at radius 2 is 1.78 bits per heavy atom. The number of hydrogen-bond acceptors (Lipinski definition) is 4. The van der Waals surface area contributed by atoms with Gasteiger partial charge in [-0.15, -0.1) is 0 Å². The summed E-state index contributed by atoms with van der Waals surface area (Å²) in [5.41, 5.74) is 2.24. The maximum absolute atomic E-state index is 4.74. The SMILES string of the molecule is CN1CCN(Cc2cncc(C(C)(C)C)n2)CC1. The third-order valence-corrected chi connectivity index (χ3v) is 3.43. The maximum Gasteiger partial charge on any atom is 0.0730 e. The minimum atomic E-state index is 0.0745. The molecule has 2 heterocycles. The van der Waals surface area contributed by atoms with E-state index in [9.17, 15) is 0 Å². The van der Waals surface area contributed by atoms with Gasteiger partial charge in [0.05, 0.1) is 11.4 Å². The molecule has 4 nitrogen and oxygen atoms in total. The first kappa shape index (κ1) is 13.4. The molecule has 0 atom stereocenters. The fourth-order valence-corrected chi connectivity index (χ4v) is 2.08. The lowest BCUT2D eigenvalue weighted by molar-refractivity contribution is 0.146. The van der Waals surface area contributed by atoms with Crippen molar-refractivity contribution in [2.45, 2.75) is 32.7 Å². The third-order valence-electron chi connectivity index (χ3n) is 3.43. The lowest BCUT2D eigenvalue weighted by atomic mass is 9.92. The highest BCUT2D eigenvalue weighted by atomic mass is 15.2. The van der Waals surface area contributed by atoms with Gasteiger partial charge >= 0.3 is 0 Å². The molecular formula is C14H24N4. The predicted octanol–water partition coefficient (Wildman–Crippen LogP) is 1.52. The van der Waals surface area contributed by atoms with Gasteiger partial charge in [0.1, 0.15) is 0 Å². The Kier molecular flexibility index (Phi) is 3.97. The van der Waals surface area contributed by atoms with Gasteiger partial charge in [-0.05, 0) is 7.05 Å². The molecule has 0 unspecified atom stereocenters. The van der Waals surface area contributed by atoms with Crippen LogP contribution in [0.1, 0.15) is 32.2 Å². The normalized spacial score (nSPS) is 19.1. The molecule has 1 aromatic heterocycles. The van der Waals surface area contributed by atoms with Gasteiger partial charge in [-0.3, -0.25) is 14.9 Å². The van der Waals surface area contributed by atoms with Gasteiger partial charge < -0.3 is 4.90 Å². The minimum absolute atomic E-state index is 0.0745. The average molecular weight is 248 g/mol. The molecule has 18 heavy (non-hydrogen) atoms. The van der Waals surface area contributed by atoms with Crippen molar-refractivity contribution in [3.63, 3.8) is 0 Å². The summed E-state index contributed by atoms with van der Waals surface area (Å²) in [6.07, 6.45) is 3.78. The van der Waals surface area contributed by atoms with Crippen LogP contribution in [0.25, 0.3) is 0 Å². The number of hydrogen-bond donors (Lipinski definition) is 0. The van der Waals surface area contributed by atoms with Gasteiger partial charge in [-0.25, -0.2) is 0 Å². The van der Waals surface area contributed by atoms with E-state index in [4.69, 9.17) is 4.98 Å². The molecule has 1 aliphatic heterocycles. The Bertz CT molecular complexity index is 389. The molecule has 0 radical (unpaired) electrons. The molecule has 0 bridgehead atoms. The lowest BCUT2D eigenvalue weighted by Gasteiger charge is -2.32. The number of likely N-dealkylation sites (N-methyl/N-ethyl adjacent to an activating group) is 1. The van der Waals surface area contributed by atoms with E-state index in [0.29, 0.717) is 0 Å². The van der Waals surface area contributed by atoms with Crippen LogP contribution in [-0.4, -0.2) is 53.0 Å². The smallest absolute Gasteiger partial charge is 0.0730 e. The molecule has 1 fully saturated rings. The highest BCUT2D eigenvalue weighted by molar-refractivity contribution is 5.11. The zero-order valence-corrected chi connectivity index (χ0v) is 12.0. The van der Waals surface area contributed by atoms with E-state index in [1.807, 2.05) is 12.4 Å². The van der Waals surface area contributed by atoms with E-state index in [0.717, 1.165) is 44.1 Å². The van der Waals surface area contributed by atoms with Gasteiger partial charge in [0.15, 0.2) is 0 Å². The molecule has 4 heteroatoms. The van der Waals surface area contributed by atoms with Crippen LogP contribution >= 0.6 is 0 Å². The molecule has 0 N–H and O–H groups in total. The van der Waals surface area contributed by atoms with Crippen molar-refractivity contribution in [3.05, 3.63) is 23.8 Å². The topological polar surface area (TPSA) is 32.3 Å². The molecule has 1 aromatic rings. The van der Waals surface area contributed by atoms with Gasteiger partial charge in [-0.2, -0.15) is 0 Å². The highest BCUT2D eigenvalue weighted by Gasteiger charge is 2.18. The number of piperazine rings is 1. The van der Waals surface area contributed by atoms with Crippen molar-refractivity contribution < 1.29 is 0 Å². The quantitative estimate of drug-likeness (QED) is 0.794. The first-order valence-corrected chi connectivity index (χ1v) is 6.67. The summed E-state index contributed by atoms with van der Waals surface area (Å²) < 4.78 is 0. The fraction of sp³-hybridized carbons (Fsp3) is 0.714. The van der Waals surface area contributed by atoms with Crippen LogP contribution in [0.5, 0.6) is 0 Å². The molecule has 1 saturated heterocycles. The Labute approximate surface area is 110 Å². The summed E-state index contributed by atoms with van der Waals surface area (Å²) in [5, 5.41) is 0. The molecule has 0 amide bonds. The molecule has 0 saturated carbocycles. The number of rotatable bonds is 2. The Balaban J connectivity index is 2.01. The van der Waals surface area contributed by atoms with Crippen LogP contribution in [0.2, 0.25) is 0 Å². The largest absolute Gasteiger partial charge is 0.304 e. The Hall–Kier alpha value is -1.00. The van der Waals surface area contributed by atoms with E-state index in [1.165, 1.54) is 0 Å². The summed E-state index contributed by atoms with van der Waals surface area (Å²) in [4.78, 5) is 13.9. The summed E-state index contributed by atoms with van der Waals surface area (Å²) in [6, 6.07) is 0. The standard InChI is InChI=1S/C14H24N4/c1-14(2,3)13-10-15-9-12(16-13)11-18-7-5-17(4)6-8-18/h9-10H,5-8,11H2,1-4H3. The Morgan fingerprint density at radius 3 is 2.39 bits per heavy atom. The first-order chi connectivity index (χ1) is 8.45. The van der Waals surface area contributed by atoms with Crippen molar-refractivity contribution in [1.82, 2.24) is 19.8 Å². The highest BCUT2D eigenvalue weighted by Crippen LogP contribution is 2.19. The van der Waals surface area contributed by atoms with Crippen molar-refractivity contribution in [1.29, 1.82) is 0 Å². The van der Waals surface area contributed by atoms with Gasteiger partial charge in [0.25, 0.3) is 0 Å². The van der Waals surface area contributed by atoms with Gasteiger partial charge in [0, 0.05) is 50.5 Å². The number of aromatic nitrogens is 2. The van der Waals surface area contributed by atoms with E-state index >= 15 is 0 Å². The maximum atomic E-state index is 4.74. The minimum Gasteiger partial charge on any atom is -0.304 e. The average Bonchev–Trinajstić information content (AvgIpc) is 2.31. The van der Waals surface area contributed by atoms with Crippen molar-refractivity contribution in [3.8, 4) is 0 Å². The van der Waals surface area contributed by atoms with E-state index in [1.54, 1.807) is 0 Å². The van der Waals surface area contributed by atoms with Gasteiger partial charge in [-0.1, -0.05) is 20.8 Å². The summed E-state index contributed by atoms with van der Waals surface area (Å²) in [5.74, 6) is 0. The molecule has 100 valence electrons. The molecule has 0 aromatic carbocycles.